The maximum atomic E-state index is 5.27. The molecule has 0 aromatic carbocycles. The molecule has 0 unspecified atom stereocenters. The lowest BCUT2D eigenvalue weighted by Crippen LogP contribution is -2.12. The summed E-state index contributed by atoms with van der Waals surface area (Å²) >= 11 is 1.51. The van der Waals surface area contributed by atoms with Crippen LogP contribution in [0.3, 0.4) is 0 Å². The minimum Gasteiger partial charge on any atom is -0.464 e. The number of rotatable bonds is 8. The number of hydrogen-bond acceptors (Lipinski definition) is 8. The van der Waals surface area contributed by atoms with Crippen molar-refractivity contribution in [2.24, 2.45) is 5.84 Å². The monoisotopic (exact) mass is 259 g/mol. The topological polar surface area (TPSA) is 95.2 Å². The van der Waals surface area contributed by atoms with Gasteiger partial charge in [0.1, 0.15) is 0 Å². The molecule has 0 fully saturated rings. The van der Waals surface area contributed by atoms with Crippen LogP contribution < -0.4 is 16.0 Å². The molecule has 1 rings (SSSR count). The van der Waals surface area contributed by atoms with Crippen LogP contribution in [0.25, 0.3) is 0 Å². The van der Waals surface area contributed by atoms with E-state index in [-0.39, 0.29) is 6.01 Å². The van der Waals surface area contributed by atoms with Gasteiger partial charge in [-0.25, -0.2) is 5.84 Å². The van der Waals surface area contributed by atoms with Crippen LogP contribution >= 0.6 is 11.8 Å². The fraction of sp³-hybridized carbons (Fsp3) is 0.667. The van der Waals surface area contributed by atoms with Crippen LogP contribution in [0.5, 0.6) is 6.01 Å². The molecule has 7 nitrogen and oxygen atoms in total. The van der Waals surface area contributed by atoms with Crippen LogP contribution in [-0.4, -0.2) is 41.0 Å². The number of hydrazine groups is 1. The molecular weight excluding hydrogens is 242 g/mol. The van der Waals surface area contributed by atoms with Crippen LogP contribution in [0.4, 0.5) is 5.95 Å². The highest BCUT2D eigenvalue weighted by atomic mass is 32.2. The van der Waals surface area contributed by atoms with Crippen molar-refractivity contribution in [2.75, 3.05) is 31.5 Å². The second-order valence-corrected chi connectivity index (χ2v) is 4.06. The number of nitrogens with two attached hydrogens (primary N) is 1. The van der Waals surface area contributed by atoms with Crippen molar-refractivity contribution in [3.8, 4) is 6.01 Å². The molecule has 0 radical (unpaired) electrons. The van der Waals surface area contributed by atoms with Crippen LogP contribution in [0.15, 0.2) is 5.16 Å². The molecule has 0 atom stereocenters. The van der Waals surface area contributed by atoms with Gasteiger partial charge in [0, 0.05) is 19.5 Å². The Morgan fingerprint density at radius 2 is 2.18 bits per heavy atom. The molecule has 96 valence electrons. The quantitative estimate of drug-likeness (QED) is 0.305. The first-order valence-corrected chi connectivity index (χ1v) is 6.26. The fourth-order valence-electron chi connectivity index (χ4n) is 1.03. The number of hydrogen-bond donors (Lipinski definition) is 2. The van der Waals surface area contributed by atoms with E-state index < -0.39 is 0 Å². The third kappa shape index (κ3) is 5.16. The Morgan fingerprint density at radius 3 is 2.82 bits per heavy atom. The Balaban J connectivity index is 2.59. The van der Waals surface area contributed by atoms with E-state index in [1.165, 1.54) is 11.8 Å². The Bertz CT molecular complexity index is 339. The summed E-state index contributed by atoms with van der Waals surface area (Å²) in [6.07, 6.45) is 0.933. The van der Waals surface area contributed by atoms with Crippen LogP contribution in [0.2, 0.25) is 0 Å². The van der Waals surface area contributed by atoms with Gasteiger partial charge < -0.3 is 9.47 Å². The highest BCUT2D eigenvalue weighted by Crippen LogP contribution is 2.17. The normalized spacial score (nSPS) is 10.3. The van der Waals surface area contributed by atoms with Gasteiger partial charge in [0.15, 0.2) is 5.16 Å². The predicted molar refractivity (Wildman–Crippen MR) is 66.0 cm³/mol. The van der Waals surface area contributed by atoms with E-state index in [0.29, 0.717) is 17.7 Å². The molecule has 0 aliphatic heterocycles. The minimum atomic E-state index is 0.282. The molecule has 0 saturated heterocycles. The lowest BCUT2D eigenvalue weighted by Gasteiger charge is -2.06. The largest absolute Gasteiger partial charge is 0.464 e. The van der Waals surface area contributed by atoms with Crippen molar-refractivity contribution < 1.29 is 9.47 Å². The summed E-state index contributed by atoms with van der Waals surface area (Å²) in [4.78, 5) is 12.2. The summed E-state index contributed by atoms with van der Waals surface area (Å²) < 4.78 is 10.2. The molecule has 3 N–H and O–H groups in total. The Morgan fingerprint density at radius 1 is 1.35 bits per heavy atom. The van der Waals surface area contributed by atoms with Crippen LogP contribution in [-0.2, 0) is 4.74 Å². The summed E-state index contributed by atoms with van der Waals surface area (Å²) in [5, 5.41) is 0.590. The number of thioether (sulfide) groups is 1. The van der Waals surface area contributed by atoms with Gasteiger partial charge in [-0.2, -0.15) is 15.0 Å². The number of nitrogens with zero attached hydrogens (tertiary/aromatic N) is 3. The van der Waals surface area contributed by atoms with E-state index in [9.17, 15) is 0 Å². The van der Waals surface area contributed by atoms with Gasteiger partial charge in [0.2, 0.25) is 5.95 Å². The van der Waals surface area contributed by atoms with E-state index >= 15 is 0 Å². The van der Waals surface area contributed by atoms with E-state index in [0.717, 1.165) is 18.8 Å². The third-order valence-corrected chi connectivity index (χ3v) is 2.65. The van der Waals surface area contributed by atoms with Gasteiger partial charge in [-0.05, 0) is 13.3 Å². The van der Waals surface area contributed by atoms with Gasteiger partial charge >= 0.3 is 6.01 Å². The number of ether oxygens (including phenoxy) is 2. The van der Waals surface area contributed by atoms with Crippen molar-refractivity contribution in [3.63, 3.8) is 0 Å². The molecular formula is C9H17N5O2S. The second kappa shape index (κ2) is 8.04. The molecule has 8 heteroatoms. The summed E-state index contributed by atoms with van der Waals surface area (Å²) in [5.74, 6) is 6.44. The SMILES string of the molecule is CCOc1nc(NN)nc(SCCCOC)n1. The molecule has 1 aromatic rings. The zero-order chi connectivity index (χ0) is 12.5. The first-order chi connectivity index (χ1) is 8.30. The second-order valence-electron chi connectivity index (χ2n) is 3.00. The highest BCUT2D eigenvalue weighted by molar-refractivity contribution is 7.99. The number of nitrogens with one attached hydrogen (secondary N) is 1. The number of anilines is 1. The van der Waals surface area contributed by atoms with Crippen molar-refractivity contribution >= 4 is 17.7 Å². The lowest BCUT2D eigenvalue weighted by atomic mass is 10.5. The maximum Gasteiger partial charge on any atom is 0.322 e. The van der Waals surface area contributed by atoms with Gasteiger partial charge in [-0.15, -0.1) is 0 Å². The molecule has 0 amide bonds. The Labute approximate surface area is 104 Å². The summed E-state index contributed by atoms with van der Waals surface area (Å²) in [5.41, 5.74) is 2.39. The van der Waals surface area contributed by atoms with Crippen molar-refractivity contribution in [2.45, 2.75) is 18.5 Å². The van der Waals surface area contributed by atoms with Crippen LogP contribution in [0.1, 0.15) is 13.3 Å². The number of nitrogen functional groups attached to an aromatic ring is 1. The summed E-state index contributed by atoms with van der Waals surface area (Å²) in [6.45, 7) is 3.09. The van der Waals surface area contributed by atoms with Crippen LogP contribution in [0, 0.1) is 0 Å². The lowest BCUT2D eigenvalue weighted by molar-refractivity contribution is 0.200. The first kappa shape index (κ1) is 13.9. The van der Waals surface area contributed by atoms with Crippen molar-refractivity contribution in [1.82, 2.24) is 15.0 Å². The smallest absolute Gasteiger partial charge is 0.322 e. The minimum absolute atomic E-state index is 0.282. The zero-order valence-electron chi connectivity index (χ0n) is 9.97. The number of methoxy groups -OCH3 is 1. The van der Waals surface area contributed by atoms with E-state index in [2.05, 4.69) is 20.4 Å². The molecule has 0 saturated carbocycles. The molecule has 0 bridgehead atoms. The molecule has 0 aliphatic carbocycles. The highest BCUT2D eigenvalue weighted by Gasteiger charge is 2.06. The first-order valence-electron chi connectivity index (χ1n) is 5.27. The van der Waals surface area contributed by atoms with E-state index in [1.54, 1.807) is 7.11 Å². The van der Waals surface area contributed by atoms with E-state index in [1.807, 2.05) is 6.92 Å². The Hall–Kier alpha value is -1.12. The third-order valence-electron chi connectivity index (χ3n) is 1.72. The molecule has 1 heterocycles. The molecule has 17 heavy (non-hydrogen) atoms. The zero-order valence-corrected chi connectivity index (χ0v) is 10.8. The number of aromatic nitrogens is 3. The van der Waals surface area contributed by atoms with Gasteiger partial charge in [0.25, 0.3) is 0 Å². The van der Waals surface area contributed by atoms with Gasteiger partial charge in [-0.3, -0.25) is 5.43 Å². The average Bonchev–Trinajstić information content (AvgIpc) is 2.35. The summed E-state index contributed by atoms with van der Waals surface area (Å²) in [7, 11) is 1.68. The summed E-state index contributed by atoms with van der Waals surface area (Å²) in [6, 6.07) is 0.282. The van der Waals surface area contributed by atoms with Gasteiger partial charge in [0.05, 0.1) is 6.61 Å². The molecule has 0 aliphatic rings. The van der Waals surface area contributed by atoms with Crippen molar-refractivity contribution in [1.29, 1.82) is 0 Å². The van der Waals surface area contributed by atoms with Crippen molar-refractivity contribution in [3.05, 3.63) is 0 Å². The Kier molecular flexibility index (Phi) is 6.60. The maximum absolute atomic E-state index is 5.27. The van der Waals surface area contributed by atoms with Gasteiger partial charge in [-0.1, -0.05) is 11.8 Å². The van der Waals surface area contributed by atoms with E-state index in [4.69, 9.17) is 15.3 Å². The molecule has 0 spiro atoms. The average molecular weight is 259 g/mol. The predicted octanol–water partition coefficient (Wildman–Crippen LogP) is 0.684. The fourth-order valence-corrected chi connectivity index (χ4v) is 1.77. The molecule has 1 aromatic heterocycles. The standard InChI is InChI=1S/C9H17N5O2S/c1-3-16-8-11-7(14-10)12-9(13-8)17-6-4-5-15-2/h3-6,10H2,1-2H3,(H,11,12,13,14).